The SMILES string of the molecule is CC(=CCc1ccc2c(c1)NC(=O)C2)CO. The molecule has 0 radical (unpaired) electrons. The summed E-state index contributed by atoms with van der Waals surface area (Å²) in [5.74, 6) is 0.0641. The molecule has 0 unspecified atom stereocenters. The first-order valence-corrected chi connectivity index (χ1v) is 5.37. The van der Waals surface area contributed by atoms with Crippen molar-refractivity contribution in [1.29, 1.82) is 0 Å². The highest BCUT2D eigenvalue weighted by Gasteiger charge is 2.16. The minimum atomic E-state index is 0.0641. The number of amides is 1. The van der Waals surface area contributed by atoms with Crippen LogP contribution < -0.4 is 5.32 Å². The molecule has 1 aliphatic rings. The van der Waals surface area contributed by atoms with Crippen molar-refractivity contribution in [2.45, 2.75) is 19.8 Å². The number of benzene rings is 1. The van der Waals surface area contributed by atoms with Crippen LogP contribution in [0.2, 0.25) is 0 Å². The zero-order valence-corrected chi connectivity index (χ0v) is 9.29. The third-order valence-corrected chi connectivity index (χ3v) is 2.74. The Kier molecular flexibility index (Phi) is 3.06. The van der Waals surface area contributed by atoms with Gasteiger partial charge in [0.2, 0.25) is 5.91 Å². The van der Waals surface area contributed by atoms with E-state index in [0.29, 0.717) is 6.42 Å². The quantitative estimate of drug-likeness (QED) is 0.756. The Morgan fingerprint density at radius 2 is 2.38 bits per heavy atom. The lowest BCUT2D eigenvalue weighted by Gasteiger charge is -2.02. The molecule has 2 N–H and O–H groups in total. The normalized spacial score (nSPS) is 14.9. The number of anilines is 1. The summed E-state index contributed by atoms with van der Waals surface area (Å²) in [7, 11) is 0. The first-order valence-electron chi connectivity index (χ1n) is 5.37. The van der Waals surface area contributed by atoms with E-state index in [4.69, 9.17) is 5.11 Å². The summed E-state index contributed by atoms with van der Waals surface area (Å²) in [6.45, 7) is 2.00. The van der Waals surface area contributed by atoms with Gasteiger partial charge < -0.3 is 10.4 Å². The van der Waals surface area contributed by atoms with Crippen LogP contribution in [0.25, 0.3) is 0 Å². The number of aliphatic hydroxyl groups excluding tert-OH is 1. The molecule has 0 fully saturated rings. The summed E-state index contributed by atoms with van der Waals surface area (Å²) >= 11 is 0. The Hall–Kier alpha value is -1.61. The summed E-state index contributed by atoms with van der Waals surface area (Å²) in [4.78, 5) is 11.2. The summed E-state index contributed by atoms with van der Waals surface area (Å²) in [6, 6.07) is 6.02. The van der Waals surface area contributed by atoms with Gasteiger partial charge in [0.05, 0.1) is 13.0 Å². The number of carbonyl (C=O) groups excluding carboxylic acids is 1. The fourth-order valence-electron chi connectivity index (χ4n) is 1.75. The number of hydrogen-bond acceptors (Lipinski definition) is 2. The van der Waals surface area contributed by atoms with Crippen molar-refractivity contribution < 1.29 is 9.90 Å². The number of rotatable bonds is 3. The molecule has 1 aromatic carbocycles. The maximum Gasteiger partial charge on any atom is 0.228 e. The third kappa shape index (κ3) is 2.31. The maximum absolute atomic E-state index is 11.2. The number of allylic oxidation sites excluding steroid dienone is 1. The molecular formula is C13H15NO2. The van der Waals surface area contributed by atoms with E-state index >= 15 is 0 Å². The molecule has 1 heterocycles. The number of hydrogen-bond donors (Lipinski definition) is 2. The van der Waals surface area contributed by atoms with E-state index in [1.165, 1.54) is 0 Å². The van der Waals surface area contributed by atoms with E-state index in [2.05, 4.69) is 5.32 Å². The van der Waals surface area contributed by atoms with Crippen molar-refractivity contribution >= 4 is 11.6 Å². The lowest BCUT2D eigenvalue weighted by molar-refractivity contribution is -0.115. The van der Waals surface area contributed by atoms with Crippen LogP contribution >= 0.6 is 0 Å². The van der Waals surface area contributed by atoms with Gasteiger partial charge in [0, 0.05) is 5.69 Å². The maximum atomic E-state index is 11.2. The van der Waals surface area contributed by atoms with Gasteiger partial charge in [-0.2, -0.15) is 0 Å². The van der Waals surface area contributed by atoms with E-state index in [1.54, 1.807) is 0 Å². The van der Waals surface area contributed by atoms with Gasteiger partial charge in [-0.25, -0.2) is 0 Å². The summed E-state index contributed by atoms with van der Waals surface area (Å²) < 4.78 is 0. The lowest BCUT2D eigenvalue weighted by atomic mass is 10.1. The second kappa shape index (κ2) is 4.49. The van der Waals surface area contributed by atoms with Crippen LogP contribution in [0.4, 0.5) is 5.69 Å². The van der Waals surface area contributed by atoms with E-state index in [9.17, 15) is 4.79 Å². The molecule has 3 heteroatoms. The van der Waals surface area contributed by atoms with E-state index < -0.39 is 0 Å². The van der Waals surface area contributed by atoms with E-state index in [0.717, 1.165) is 28.8 Å². The van der Waals surface area contributed by atoms with Gasteiger partial charge in [-0.3, -0.25) is 4.79 Å². The number of nitrogens with one attached hydrogen (secondary N) is 1. The number of carbonyl (C=O) groups is 1. The van der Waals surface area contributed by atoms with Gasteiger partial charge in [-0.05, 0) is 30.5 Å². The molecule has 1 aliphatic heterocycles. The molecule has 0 aromatic heterocycles. The van der Waals surface area contributed by atoms with Gasteiger partial charge >= 0.3 is 0 Å². The molecular weight excluding hydrogens is 202 g/mol. The largest absolute Gasteiger partial charge is 0.392 e. The molecule has 0 spiro atoms. The van der Waals surface area contributed by atoms with Gasteiger partial charge in [0.25, 0.3) is 0 Å². The molecule has 84 valence electrons. The second-order valence-electron chi connectivity index (χ2n) is 4.13. The molecule has 2 rings (SSSR count). The molecule has 0 saturated carbocycles. The number of fused-ring (bicyclic) bond motifs is 1. The fraction of sp³-hybridized carbons (Fsp3) is 0.308. The average molecular weight is 217 g/mol. The zero-order chi connectivity index (χ0) is 11.5. The molecule has 0 atom stereocenters. The van der Waals surface area contributed by atoms with Gasteiger partial charge in [-0.1, -0.05) is 23.8 Å². The Bertz CT molecular complexity index is 449. The zero-order valence-electron chi connectivity index (χ0n) is 9.29. The van der Waals surface area contributed by atoms with Crippen LogP contribution in [-0.4, -0.2) is 17.6 Å². The fourth-order valence-corrected chi connectivity index (χ4v) is 1.75. The van der Waals surface area contributed by atoms with Crippen LogP contribution in [0.1, 0.15) is 18.1 Å². The van der Waals surface area contributed by atoms with Crippen molar-refractivity contribution in [3.05, 3.63) is 41.0 Å². The predicted molar refractivity (Wildman–Crippen MR) is 63.3 cm³/mol. The second-order valence-corrected chi connectivity index (χ2v) is 4.13. The van der Waals surface area contributed by atoms with Crippen LogP contribution in [-0.2, 0) is 17.6 Å². The van der Waals surface area contributed by atoms with Gasteiger partial charge in [0.1, 0.15) is 0 Å². The predicted octanol–water partition coefficient (Wildman–Crippen LogP) is 1.66. The van der Waals surface area contributed by atoms with E-state index in [-0.39, 0.29) is 12.5 Å². The Balaban J connectivity index is 2.14. The molecule has 1 amide bonds. The van der Waals surface area contributed by atoms with Crippen LogP contribution in [0.3, 0.4) is 0 Å². The smallest absolute Gasteiger partial charge is 0.228 e. The first kappa shape index (κ1) is 10.9. The average Bonchev–Trinajstić information content (AvgIpc) is 2.65. The van der Waals surface area contributed by atoms with Gasteiger partial charge in [-0.15, -0.1) is 0 Å². The Labute approximate surface area is 94.8 Å². The van der Waals surface area contributed by atoms with Crippen LogP contribution in [0.15, 0.2) is 29.8 Å². The molecule has 16 heavy (non-hydrogen) atoms. The first-order chi connectivity index (χ1) is 7.69. The van der Waals surface area contributed by atoms with Crippen molar-refractivity contribution in [1.82, 2.24) is 0 Å². The third-order valence-electron chi connectivity index (χ3n) is 2.74. The minimum absolute atomic E-state index is 0.0641. The van der Waals surface area contributed by atoms with Gasteiger partial charge in [0.15, 0.2) is 0 Å². The topological polar surface area (TPSA) is 49.3 Å². The highest BCUT2D eigenvalue weighted by atomic mass is 16.3. The molecule has 3 nitrogen and oxygen atoms in total. The summed E-state index contributed by atoms with van der Waals surface area (Å²) in [5, 5.41) is 11.7. The molecule has 0 bridgehead atoms. The minimum Gasteiger partial charge on any atom is -0.392 e. The highest BCUT2D eigenvalue weighted by molar-refractivity contribution is 5.99. The Morgan fingerprint density at radius 3 is 3.12 bits per heavy atom. The van der Waals surface area contributed by atoms with Crippen molar-refractivity contribution in [3.63, 3.8) is 0 Å². The molecule has 0 saturated heterocycles. The molecule has 0 aliphatic carbocycles. The lowest BCUT2D eigenvalue weighted by Crippen LogP contribution is -2.03. The van der Waals surface area contributed by atoms with Crippen molar-refractivity contribution in [2.75, 3.05) is 11.9 Å². The van der Waals surface area contributed by atoms with Crippen LogP contribution in [0, 0.1) is 0 Å². The summed E-state index contributed by atoms with van der Waals surface area (Å²) in [5.41, 5.74) is 4.10. The van der Waals surface area contributed by atoms with Crippen molar-refractivity contribution in [2.24, 2.45) is 0 Å². The summed E-state index contributed by atoms with van der Waals surface area (Å²) in [6.07, 6.45) is 3.27. The molecule has 1 aromatic rings. The number of aliphatic hydroxyl groups is 1. The van der Waals surface area contributed by atoms with Crippen molar-refractivity contribution in [3.8, 4) is 0 Å². The standard InChI is InChI=1S/C13H15NO2/c1-9(8-15)2-3-10-4-5-11-7-13(16)14-12(11)6-10/h2,4-6,15H,3,7-8H2,1H3,(H,14,16). The van der Waals surface area contributed by atoms with Crippen LogP contribution in [0.5, 0.6) is 0 Å². The van der Waals surface area contributed by atoms with E-state index in [1.807, 2.05) is 31.2 Å². The monoisotopic (exact) mass is 217 g/mol. The highest BCUT2D eigenvalue weighted by Crippen LogP contribution is 2.24. The Morgan fingerprint density at radius 1 is 1.56 bits per heavy atom.